The van der Waals surface area contributed by atoms with Gasteiger partial charge in [0.15, 0.2) is 0 Å². The van der Waals surface area contributed by atoms with Crippen LogP contribution in [0.25, 0.3) is 0 Å². The maximum absolute atomic E-state index is 6.36. The largest absolute Gasteiger partial charge is 0.381 e. The lowest BCUT2D eigenvalue weighted by Crippen LogP contribution is -2.36. The molecule has 0 spiro atoms. The number of rotatable bonds is 1. The molecule has 1 aliphatic rings. The predicted octanol–water partition coefficient (Wildman–Crippen LogP) is 1.44. The molecule has 1 aromatic heterocycles. The molecule has 1 unspecified atom stereocenters. The summed E-state index contributed by atoms with van der Waals surface area (Å²) in [6.07, 6.45) is 6.55. The van der Waals surface area contributed by atoms with Gasteiger partial charge in [-0.2, -0.15) is 0 Å². The van der Waals surface area contributed by atoms with Crippen LogP contribution in [0.15, 0.2) is 24.5 Å². The second-order valence-electron chi connectivity index (χ2n) is 3.86. The Morgan fingerprint density at radius 1 is 1.36 bits per heavy atom. The van der Waals surface area contributed by atoms with Crippen LogP contribution >= 0.6 is 0 Å². The van der Waals surface area contributed by atoms with Crippen LogP contribution in [0.4, 0.5) is 0 Å². The molecule has 0 saturated carbocycles. The molecule has 2 rings (SSSR count). The van der Waals surface area contributed by atoms with E-state index < -0.39 is 0 Å². The Hall–Kier alpha value is -0.930. The van der Waals surface area contributed by atoms with Crippen molar-refractivity contribution in [2.45, 2.75) is 24.8 Å². The zero-order valence-electron chi connectivity index (χ0n) is 8.28. The molecule has 14 heavy (non-hydrogen) atoms. The molecule has 1 aliphatic heterocycles. The van der Waals surface area contributed by atoms with E-state index in [9.17, 15) is 0 Å². The Labute approximate surface area is 84.3 Å². The van der Waals surface area contributed by atoms with Crippen LogP contribution in [0.2, 0.25) is 0 Å². The van der Waals surface area contributed by atoms with Gasteiger partial charge in [0.05, 0.1) is 0 Å². The molecule has 0 radical (unpaired) electrons. The van der Waals surface area contributed by atoms with E-state index in [4.69, 9.17) is 10.5 Å². The van der Waals surface area contributed by atoms with Crippen LogP contribution in [0, 0.1) is 0 Å². The first kappa shape index (κ1) is 9.62. The first-order chi connectivity index (χ1) is 6.81. The molecular formula is C11H16N2O. The fourth-order valence-corrected chi connectivity index (χ4v) is 1.92. The second kappa shape index (κ2) is 4.07. The fraction of sp³-hybridized carbons (Fsp3) is 0.545. The number of nitrogens with two attached hydrogens (primary N) is 1. The summed E-state index contributed by atoms with van der Waals surface area (Å²) >= 11 is 0. The van der Waals surface area contributed by atoms with E-state index in [-0.39, 0.29) is 5.54 Å². The molecular weight excluding hydrogens is 176 g/mol. The monoisotopic (exact) mass is 192 g/mol. The highest BCUT2D eigenvalue weighted by molar-refractivity contribution is 5.20. The summed E-state index contributed by atoms with van der Waals surface area (Å²) in [4.78, 5) is 4.11. The predicted molar refractivity (Wildman–Crippen MR) is 54.8 cm³/mol. The number of ether oxygens (including phenoxy) is 1. The third-order valence-electron chi connectivity index (χ3n) is 2.84. The number of hydrogen-bond donors (Lipinski definition) is 1. The molecule has 76 valence electrons. The normalized spacial score (nSPS) is 28.4. The van der Waals surface area contributed by atoms with Gasteiger partial charge in [-0.3, -0.25) is 4.98 Å². The van der Waals surface area contributed by atoms with Crippen molar-refractivity contribution in [2.24, 2.45) is 5.73 Å². The van der Waals surface area contributed by atoms with Crippen LogP contribution < -0.4 is 5.73 Å². The molecule has 0 aromatic carbocycles. The van der Waals surface area contributed by atoms with Gasteiger partial charge in [-0.15, -0.1) is 0 Å². The molecule has 1 atom stereocenters. The Bertz CT molecular complexity index is 279. The Kier molecular flexibility index (Phi) is 2.79. The second-order valence-corrected chi connectivity index (χ2v) is 3.86. The Morgan fingerprint density at radius 3 is 3.07 bits per heavy atom. The highest BCUT2D eigenvalue weighted by atomic mass is 16.5. The van der Waals surface area contributed by atoms with Gasteiger partial charge < -0.3 is 10.5 Å². The third kappa shape index (κ3) is 1.94. The highest BCUT2D eigenvalue weighted by Crippen LogP contribution is 2.28. The standard InChI is InChI=1S/C11H16N2O/c12-11(4-2-7-14-8-5-11)10-3-1-6-13-9-10/h1,3,6,9H,2,4-5,7-8,12H2. The Morgan fingerprint density at radius 2 is 2.29 bits per heavy atom. The van der Waals surface area contributed by atoms with E-state index in [2.05, 4.69) is 11.1 Å². The molecule has 0 aliphatic carbocycles. The quantitative estimate of drug-likeness (QED) is 0.732. The summed E-state index contributed by atoms with van der Waals surface area (Å²) in [5.74, 6) is 0. The van der Waals surface area contributed by atoms with Gasteiger partial charge in [-0.05, 0) is 30.9 Å². The van der Waals surface area contributed by atoms with Crippen molar-refractivity contribution in [2.75, 3.05) is 13.2 Å². The third-order valence-corrected chi connectivity index (χ3v) is 2.84. The summed E-state index contributed by atoms with van der Waals surface area (Å²) in [7, 11) is 0. The summed E-state index contributed by atoms with van der Waals surface area (Å²) in [5.41, 5.74) is 7.26. The summed E-state index contributed by atoms with van der Waals surface area (Å²) in [6.45, 7) is 1.59. The zero-order chi connectivity index (χ0) is 9.86. The molecule has 0 bridgehead atoms. The van der Waals surface area contributed by atoms with E-state index >= 15 is 0 Å². The van der Waals surface area contributed by atoms with Crippen LogP contribution in [0.3, 0.4) is 0 Å². The van der Waals surface area contributed by atoms with Crippen molar-refractivity contribution in [1.29, 1.82) is 0 Å². The van der Waals surface area contributed by atoms with Crippen LogP contribution in [0.5, 0.6) is 0 Å². The fourth-order valence-electron chi connectivity index (χ4n) is 1.92. The summed E-state index contributed by atoms with van der Waals surface area (Å²) in [6, 6.07) is 3.99. The van der Waals surface area contributed by atoms with Crippen molar-refractivity contribution < 1.29 is 4.74 Å². The molecule has 2 heterocycles. The van der Waals surface area contributed by atoms with Gasteiger partial charge in [0.25, 0.3) is 0 Å². The van der Waals surface area contributed by atoms with Gasteiger partial charge in [0, 0.05) is 31.1 Å². The number of nitrogens with zero attached hydrogens (tertiary/aromatic N) is 1. The van der Waals surface area contributed by atoms with E-state index in [1.807, 2.05) is 12.3 Å². The van der Waals surface area contributed by atoms with Crippen molar-refractivity contribution in [3.8, 4) is 0 Å². The molecule has 1 fully saturated rings. The molecule has 1 saturated heterocycles. The average Bonchev–Trinajstić information content (AvgIpc) is 2.46. The lowest BCUT2D eigenvalue weighted by atomic mass is 9.85. The number of aromatic nitrogens is 1. The SMILES string of the molecule is NC1(c2cccnc2)CCCOCC1. The van der Waals surface area contributed by atoms with E-state index in [0.717, 1.165) is 38.0 Å². The first-order valence-electron chi connectivity index (χ1n) is 5.08. The molecule has 2 N–H and O–H groups in total. The minimum absolute atomic E-state index is 0.231. The van der Waals surface area contributed by atoms with Gasteiger partial charge >= 0.3 is 0 Å². The lowest BCUT2D eigenvalue weighted by Gasteiger charge is -2.27. The van der Waals surface area contributed by atoms with Crippen molar-refractivity contribution in [1.82, 2.24) is 4.98 Å². The first-order valence-corrected chi connectivity index (χ1v) is 5.08. The molecule has 3 nitrogen and oxygen atoms in total. The number of pyridine rings is 1. The van der Waals surface area contributed by atoms with Crippen LogP contribution in [0.1, 0.15) is 24.8 Å². The minimum Gasteiger partial charge on any atom is -0.381 e. The number of hydrogen-bond acceptors (Lipinski definition) is 3. The van der Waals surface area contributed by atoms with Crippen LogP contribution in [-0.2, 0) is 10.3 Å². The topological polar surface area (TPSA) is 48.1 Å². The maximum atomic E-state index is 6.36. The zero-order valence-corrected chi connectivity index (χ0v) is 8.28. The average molecular weight is 192 g/mol. The van der Waals surface area contributed by atoms with E-state index in [1.54, 1.807) is 6.20 Å². The molecule has 1 aromatic rings. The van der Waals surface area contributed by atoms with Crippen LogP contribution in [-0.4, -0.2) is 18.2 Å². The smallest absolute Gasteiger partial charge is 0.0486 e. The van der Waals surface area contributed by atoms with Gasteiger partial charge in [0.2, 0.25) is 0 Å². The highest BCUT2D eigenvalue weighted by Gasteiger charge is 2.28. The molecule has 0 amide bonds. The van der Waals surface area contributed by atoms with E-state index in [0.29, 0.717) is 0 Å². The maximum Gasteiger partial charge on any atom is 0.0486 e. The van der Waals surface area contributed by atoms with Crippen molar-refractivity contribution >= 4 is 0 Å². The van der Waals surface area contributed by atoms with Gasteiger partial charge in [0.1, 0.15) is 0 Å². The lowest BCUT2D eigenvalue weighted by molar-refractivity contribution is 0.139. The summed E-state index contributed by atoms with van der Waals surface area (Å²) < 4.78 is 5.41. The van der Waals surface area contributed by atoms with Crippen molar-refractivity contribution in [3.63, 3.8) is 0 Å². The Balaban J connectivity index is 2.21. The summed E-state index contributed by atoms with van der Waals surface area (Å²) in [5, 5.41) is 0. The minimum atomic E-state index is -0.231. The van der Waals surface area contributed by atoms with E-state index in [1.165, 1.54) is 0 Å². The van der Waals surface area contributed by atoms with Gasteiger partial charge in [-0.1, -0.05) is 6.07 Å². The van der Waals surface area contributed by atoms with Gasteiger partial charge in [-0.25, -0.2) is 0 Å². The van der Waals surface area contributed by atoms with Crippen molar-refractivity contribution in [3.05, 3.63) is 30.1 Å². The molecule has 3 heteroatoms.